The molecule has 3 heteroatoms. The van der Waals surface area contributed by atoms with Gasteiger partial charge in [-0.3, -0.25) is 0 Å². The number of nitriles is 1. The van der Waals surface area contributed by atoms with Crippen molar-refractivity contribution in [1.82, 2.24) is 0 Å². The number of nitrogens with zero attached hydrogens (tertiary/aromatic N) is 1. The van der Waals surface area contributed by atoms with E-state index in [9.17, 15) is 4.79 Å². The Morgan fingerprint density at radius 3 is 2.42 bits per heavy atom. The van der Waals surface area contributed by atoms with Gasteiger partial charge in [0.15, 0.2) is 0 Å². The molecule has 0 N–H and O–H groups in total. The summed E-state index contributed by atoms with van der Waals surface area (Å²) in [7, 11) is 0. The van der Waals surface area contributed by atoms with Crippen LogP contribution in [-0.4, -0.2) is 12.1 Å². The van der Waals surface area contributed by atoms with Crippen LogP contribution in [0.4, 0.5) is 0 Å². The third-order valence-electron chi connectivity index (χ3n) is 3.07. The van der Waals surface area contributed by atoms with E-state index in [0.29, 0.717) is 0 Å². The second-order valence-electron chi connectivity index (χ2n) is 4.87. The van der Waals surface area contributed by atoms with Gasteiger partial charge in [-0.1, -0.05) is 52.4 Å². The van der Waals surface area contributed by atoms with Crippen molar-refractivity contribution in [3.8, 4) is 6.07 Å². The number of hydrogen-bond acceptors (Lipinski definition) is 3. The molecule has 0 rings (SSSR count). The van der Waals surface area contributed by atoms with Crippen LogP contribution < -0.4 is 0 Å². The van der Waals surface area contributed by atoms with Gasteiger partial charge in [-0.15, -0.1) is 0 Å². The molecule has 0 amide bonds. The average molecular weight is 265 g/mol. The van der Waals surface area contributed by atoms with E-state index in [0.717, 1.165) is 31.8 Å². The molecule has 0 heterocycles. The van der Waals surface area contributed by atoms with Crippen molar-refractivity contribution in [1.29, 1.82) is 5.26 Å². The van der Waals surface area contributed by atoms with Crippen LogP contribution in [0.25, 0.3) is 0 Å². The number of carbonyl (C=O) groups excluding carboxylic acids is 1. The van der Waals surface area contributed by atoms with Crippen molar-refractivity contribution < 1.29 is 9.53 Å². The topological polar surface area (TPSA) is 50.1 Å². The number of ether oxygens (including phenoxy) is 1. The standard InChI is InChI=1S/C16H27NO2/c1-3-5-6-7-8-9-12-15(11-4-2)19-16(18)13-10-14-17/h10,13,15H,3-9,11-12H2,1-2H3. The second-order valence-corrected chi connectivity index (χ2v) is 4.87. The molecule has 0 saturated heterocycles. The van der Waals surface area contributed by atoms with E-state index < -0.39 is 5.97 Å². The zero-order chi connectivity index (χ0) is 14.3. The highest BCUT2D eigenvalue weighted by Crippen LogP contribution is 2.14. The lowest BCUT2D eigenvalue weighted by Gasteiger charge is -2.16. The first-order valence-corrected chi connectivity index (χ1v) is 7.51. The van der Waals surface area contributed by atoms with Crippen LogP contribution in [0.5, 0.6) is 0 Å². The fourth-order valence-corrected chi connectivity index (χ4v) is 2.05. The summed E-state index contributed by atoms with van der Waals surface area (Å²) in [5.74, 6) is -0.397. The van der Waals surface area contributed by atoms with Gasteiger partial charge in [0.05, 0.1) is 6.07 Å². The molecule has 3 nitrogen and oxygen atoms in total. The minimum absolute atomic E-state index is 0.00650. The zero-order valence-corrected chi connectivity index (χ0v) is 12.4. The molecule has 0 radical (unpaired) electrons. The van der Waals surface area contributed by atoms with E-state index in [2.05, 4.69) is 13.8 Å². The summed E-state index contributed by atoms with van der Waals surface area (Å²) in [4.78, 5) is 11.4. The monoisotopic (exact) mass is 265 g/mol. The Morgan fingerprint density at radius 1 is 1.11 bits per heavy atom. The highest BCUT2D eigenvalue weighted by atomic mass is 16.5. The lowest BCUT2D eigenvalue weighted by Crippen LogP contribution is -2.16. The minimum atomic E-state index is -0.397. The molecule has 0 bridgehead atoms. The summed E-state index contributed by atoms with van der Waals surface area (Å²) in [6, 6.07) is 1.79. The Morgan fingerprint density at radius 2 is 1.79 bits per heavy atom. The molecule has 1 atom stereocenters. The highest BCUT2D eigenvalue weighted by molar-refractivity contribution is 5.82. The van der Waals surface area contributed by atoms with Gasteiger partial charge in [-0.2, -0.15) is 5.26 Å². The van der Waals surface area contributed by atoms with Crippen molar-refractivity contribution in [3.63, 3.8) is 0 Å². The van der Waals surface area contributed by atoms with Crippen LogP contribution in [0.3, 0.4) is 0 Å². The molecule has 0 aliphatic carbocycles. The number of carbonyl (C=O) groups is 1. The van der Waals surface area contributed by atoms with Gasteiger partial charge in [0.1, 0.15) is 6.10 Å². The van der Waals surface area contributed by atoms with Crippen molar-refractivity contribution in [2.45, 2.75) is 77.7 Å². The maximum absolute atomic E-state index is 11.4. The predicted octanol–water partition coefficient (Wildman–Crippen LogP) is 4.53. The van der Waals surface area contributed by atoms with Crippen molar-refractivity contribution in [3.05, 3.63) is 12.2 Å². The summed E-state index contributed by atoms with van der Waals surface area (Å²) in [6.07, 6.45) is 12.7. The molecular weight excluding hydrogens is 238 g/mol. The fourth-order valence-electron chi connectivity index (χ4n) is 2.05. The van der Waals surface area contributed by atoms with Crippen LogP contribution in [0.1, 0.15) is 71.6 Å². The van der Waals surface area contributed by atoms with Gasteiger partial charge < -0.3 is 4.74 Å². The largest absolute Gasteiger partial charge is 0.459 e. The molecule has 0 fully saturated rings. The quantitative estimate of drug-likeness (QED) is 0.239. The molecule has 0 aromatic rings. The second kappa shape index (κ2) is 13.1. The molecule has 0 aliphatic heterocycles. The first-order chi connectivity index (χ1) is 9.24. The number of esters is 1. The van der Waals surface area contributed by atoms with E-state index >= 15 is 0 Å². The summed E-state index contributed by atoms with van der Waals surface area (Å²) < 4.78 is 5.34. The SMILES string of the molecule is CCCCCCCCC(CCC)OC(=O)C=CC#N. The summed E-state index contributed by atoms with van der Waals surface area (Å²) >= 11 is 0. The van der Waals surface area contributed by atoms with Gasteiger partial charge in [-0.25, -0.2) is 4.79 Å². The Bertz CT molecular complexity index is 292. The fraction of sp³-hybridized carbons (Fsp3) is 0.750. The van der Waals surface area contributed by atoms with Crippen molar-refractivity contribution in [2.75, 3.05) is 0 Å². The Balaban J connectivity index is 3.82. The van der Waals surface area contributed by atoms with Crippen LogP contribution in [-0.2, 0) is 9.53 Å². The van der Waals surface area contributed by atoms with Gasteiger partial charge in [-0.05, 0) is 19.3 Å². The Kier molecular flexibility index (Phi) is 12.2. The summed E-state index contributed by atoms with van der Waals surface area (Å²) in [5.41, 5.74) is 0. The zero-order valence-electron chi connectivity index (χ0n) is 12.4. The third kappa shape index (κ3) is 11.5. The van der Waals surface area contributed by atoms with E-state index in [1.165, 1.54) is 38.2 Å². The van der Waals surface area contributed by atoms with Crippen molar-refractivity contribution >= 4 is 5.97 Å². The number of allylic oxidation sites excluding steroid dienone is 1. The van der Waals surface area contributed by atoms with Crippen LogP contribution in [0.15, 0.2) is 12.2 Å². The normalized spacial score (nSPS) is 12.3. The number of rotatable bonds is 11. The van der Waals surface area contributed by atoms with E-state index in [1.54, 1.807) is 6.07 Å². The lowest BCUT2D eigenvalue weighted by molar-refractivity contribution is -0.143. The molecule has 1 unspecified atom stereocenters. The first kappa shape index (κ1) is 17.7. The molecule has 0 aromatic heterocycles. The Labute approximate surface area is 117 Å². The van der Waals surface area contributed by atoms with Gasteiger partial charge in [0.25, 0.3) is 0 Å². The van der Waals surface area contributed by atoms with Crippen molar-refractivity contribution in [2.24, 2.45) is 0 Å². The highest BCUT2D eigenvalue weighted by Gasteiger charge is 2.11. The van der Waals surface area contributed by atoms with Gasteiger partial charge in [0, 0.05) is 12.2 Å². The molecular formula is C16H27NO2. The smallest absolute Gasteiger partial charge is 0.331 e. The minimum Gasteiger partial charge on any atom is -0.459 e. The van der Waals surface area contributed by atoms with E-state index in [-0.39, 0.29) is 6.10 Å². The van der Waals surface area contributed by atoms with Crippen LogP contribution >= 0.6 is 0 Å². The van der Waals surface area contributed by atoms with E-state index in [1.807, 2.05) is 0 Å². The van der Waals surface area contributed by atoms with Crippen LogP contribution in [0, 0.1) is 11.3 Å². The maximum atomic E-state index is 11.4. The first-order valence-electron chi connectivity index (χ1n) is 7.51. The summed E-state index contributed by atoms with van der Waals surface area (Å²) in [6.45, 7) is 4.30. The van der Waals surface area contributed by atoms with Gasteiger partial charge >= 0.3 is 5.97 Å². The molecule has 0 saturated carbocycles. The van der Waals surface area contributed by atoms with E-state index in [4.69, 9.17) is 10.00 Å². The summed E-state index contributed by atoms with van der Waals surface area (Å²) in [5, 5.41) is 8.35. The molecule has 108 valence electrons. The number of unbranched alkanes of at least 4 members (excludes halogenated alkanes) is 5. The van der Waals surface area contributed by atoms with Gasteiger partial charge in [0.2, 0.25) is 0 Å². The maximum Gasteiger partial charge on any atom is 0.331 e. The number of hydrogen-bond donors (Lipinski definition) is 0. The molecule has 0 aliphatic rings. The molecule has 19 heavy (non-hydrogen) atoms. The predicted molar refractivity (Wildman–Crippen MR) is 77.5 cm³/mol. The van der Waals surface area contributed by atoms with Crippen LogP contribution in [0.2, 0.25) is 0 Å². The Hall–Kier alpha value is -1.30. The molecule has 0 aromatic carbocycles. The average Bonchev–Trinajstić information content (AvgIpc) is 2.40. The lowest BCUT2D eigenvalue weighted by atomic mass is 10.0. The molecule has 0 spiro atoms. The third-order valence-corrected chi connectivity index (χ3v) is 3.07.